The molecular formula is C27H22Cl2FN5. The number of anilines is 2. The Morgan fingerprint density at radius 1 is 0.971 bits per heavy atom. The summed E-state index contributed by atoms with van der Waals surface area (Å²) in [6, 6.07) is 17.7. The lowest BCUT2D eigenvalue weighted by Gasteiger charge is -2.21. The van der Waals surface area contributed by atoms with Gasteiger partial charge in [0, 0.05) is 23.5 Å². The van der Waals surface area contributed by atoms with E-state index in [0.29, 0.717) is 26.8 Å². The Labute approximate surface area is 212 Å². The summed E-state index contributed by atoms with van der Waals surface area (Å²) in [5.41, 5.74) is 6.03. The maximum Gasteiger partial charge on any atom is 0.125 e. The number of benzene rings is 3. The van der Waals surface area contributed by atoms with Crippen molar-refractivity contribution in [2.24, 2.45) is 4.99 Å². The van der Waals surface area contributed by atoms with Gasteiger partial charge in [0.2, 0.25) is 0 Å². The molecule has 5 rings (SSSR count). The third kappa shape index (κ3) is 4.72. The standard InChI is InChI=1S/C27H22Cl2FN5/c1-15(2)32-24-13-27-25(12-23(24)33-18-6-4-16(3)31-14-18)34-22-9-5-17(30)10-26(22)35(27)19-7-8-20(28)21(29)11-19/h4-15,33H,1-3H3. The molecule has 0 unspecified atom stereocenters. The van der Waals surface area contributed by atoms with Crippen LogP contribution in [0.5, 0.6) is 0 Å². The molecule has 0 saturated heterocycles. The van der Waals surface area contributed by atoms with E-state index < -0.39 is 0 Å². The van der Waals surface area contributed by atoms with E-state index in [-0.39, 0.29) is 11.9 Å². The largest absolute Gasteiger partial charge is 0.352 e. The van der Waals surface area contributed by atoms with Gasteiger partial charge in [-0.3, -0.25) is 9.98 Å². The molecule has 8 heteroatoms. The predicted molar refractivity (Wildman–Crippen MR) is 141 cm³/mol. The van der Waals surface area contributed by atoms with E-state index in [2.05, 4.69) is 10.3 Å². The van der Waals surface area contributed by atoms with Crippen LogP contribution >= 0.6 is 23.2 Å². The molecule has 1 aliphatic heterocycles. The van der Waals surface area contributed by atoms with Crippen molar-refractivity contribution in [3.8, 4) is 17.1 Å². The highest BCUT2D eigenvalue weighted by atomic mass is 35.5. The van der Waals surface area contributed by atoms with E-state index >= 15 is 0 Å². The SMILES string of the molecule is Cc1ccc(Nc2cc3nc4ccc(F)cc4n(-c4ccc(Cl)c(Cl)c4)c-3cc2=NC(C)C)cn1. The molecule has 0 bridgehead atoms. The van der Waals surface area contributed by atoms with Crippen LogP contribution in [0.15, 0.2) is 71.9 Å². The molecule has 3 aromatic rings. The quantitative estimate of drug-likeness (QED) is 0.260. The average molecular weight is 506 g/mol. The van der Waals surface area contributed by atoms with Crippen molar-refractivity contribution in [2.75, 3.05) is 5.32 Å². The smallest absolute Gasteiger partial charge is 0.125 e. The van der Waals surface area contributed by atoms with Crippen LogP contribution in [0.4, 0.5) is 15.8 Å². The second-order valence-electron chi connectivity index (χ2n) is 8.57. The second kappa shape index (κ2) is 9.29. The lowest BCUT2D eigenvalue weighted by atomic mass is 10.1. The monoisotopic (exact) mass is 505 g/mol. The average Bonchev–Trinajstić information content (AvgIpc) is 2.81. The fourth-order valence-electron chi connectivity index (χ4n) is 3.95. The summed E-state index contributed by atoms with van der Waals surface area (Å²) in [5, 5.41) is 5.02. The number of pyridine rings is 1. The van der Waals surface area contributed by atoms with E-state index in [1.165, 1.54) is 12.1 Å². The number of hydrogen-bond donors (Lipinski definition) is 1. The minimum absolute atomic E-state index is 0.0495. The molecule has 0 fully saturated rings. The van der Waals surface area contributed by atoms with Crippen molar-refractivity contribution in [3.05, 3.63) is 93.8 Å². The highest BCUT2D eigenvalue weighted by molar-refractivity contribution is 6.42. The van der Waals surface area contributed by atoms with Crippen molar-refractivity contribution in [1.82, 2.24) is 14.5 Å². The van der Waals surface area contributed by atoms with Gasteiger partial charge in [0.1, 0.15) is 5.82 Å². The minimum atomic E-state index is -0.357. The van der Waals surface area contributed by atoms with Gasteiger partial charge in [-0.15, -0.1) is 0 Å². The number of halogens is 3. The van der Waals surface area contributed by atoms with Crippen LogP contribution in [-0.2, 0) is 0 Å². The first kappa shape index (κ1) is 23.3. The zero-order valence-electron chi connectivity index (χ0n) is 19.4. The maximum atomic E-state index is 14.3. The molecule has 176 valence electrons. The summed E-state index contributed by atoms with van der Waals surface area (Å²) in [4.78, 5) is 14.1. The Morgan fingerprint density at radius 3 is 2.51 bits per heavy atom. The number of rotatable bonds is 4. The zero-order chi connectivity index (χ0) is 24.7. The van der Waals surface area contributed by atoms with Crippen LogP contribution in [0.3, 0.4) is 0 Å². The van der Waals surface area contributed by atoms with Gasteiger partial charge in [0.15, 0.2) is 0 Å². The third-order valence-electron chi connectivity index (χ3n) is 5.50. The first-order valence-electron chi connectivity index (χ1n) is 11.1. The summed E-state index contributed by atoms with van der Waals surface area (Å²) in [7, 11) is 0. The van der Waals surface area contributed by atoms with Crippen LogP contribution in [0.2, 0.25) is 10.0 Å². The fraction of sp³-hybridized carbons (Fsp3) is 0.148. The molecule has 0 spiro atoms. The van der Waals surface area contributed by atoms with Crippen molar-refractivity contribution in [3.63, 3.8) is 0 Å². The van der Waals surface area contributed by atoms with Crippen LogP contribution in [-0.4, -0.2) is 20.6 Å². The topological polar surface area (TPSA) is 55.1 Å². The Balaban J connectivity index is 1.83. The van der Waals surface area contributed by atoms with Gasteiger partial charge in [0.05, 0.1) is 55.4 Å². The lowest BCUT2D eigenvalue weighted by Crippen LogP contribution is -2.16. The number of nitrogens with one attached hydrogen (secondary N) is 1. The van der Waals surface area contributed by atoms with Gasteiger partial charge in [-0.25, -0.2) is 9.37 Å². The fourth-order valence-corrected chi connectivity index (χ4v) is 4.24. The molecule has 0 radical (unpaired) electrons. The summed E-state index contributed by atoms with van der Waals surface area (Å²) in [5.74, 6) is -0.357. The molecule has 2 aliphatic rings. The van der Waals surface area contributed by atoms with Crippen LogP contribution in [0, 0.1) is 12.7 Å². The molecule has 0 saturated carbocycles. The van der Waals surface area contributed by atoms with Crippen molar-refractivity contribution >= 4 is 45.6 Å². The van der Waals surface area contributed by atoms with Gasteiger partial charge in [0.25, 0.3) is 0 Å². The first-order chi connectivity index (χ1) is 16.8. The Kier molecular flexibility index (Phi) is 6.17. The van der Waals surface area contributed by atoms with Crippen molar-refractivity contribution in [1.29, 1.82) is 0 Å². The van der Waals surface area contributed by atoms with Gasteiger partial charge in [-0.05, 0) is 75.4 Å². The number of aromatic nitrogens is 3. The number of hydrogen-bond acceptors (Lipinski definition) is 4. The molecule has 1 N–H and O–H groups in total. The first-order valence-corrected chi connectivity index (χ1v) is 11.9. The molecule has 0 atom stereocenters. The summed E-state index contributed by atoms with van der Waals surface area (Å²) in [6.45, 7) is 5.98. The van der Waals surface area contributed by atoms with Gasteiger partial charge in [-0.1, -0.05) is 23.2 Å². The molecule has 2 aromatic carbocycles. The number of nitrogens with zero attached hydrogens (tertiary/aromatic N) is 4. The van der Waals surface area contributed by atoms with Crippen LogP contribution < -0.4 is 10.7 Å². The van der Waals surface area contributed by atoms with E-state index in [1.54, 1.807) is 24.4 Å². The van der Waals surface area contributed by atoms with Gasteiger partial charge in [-0.2, -0.15) is 0 Å². The van der Waals surface area contributed by atoms with E-state index in [0.717, 1.165) is 33.8 Å². The summed E-state index contributed by atoms with van der Waals surface area (Å²) < 4.78 is 16.3. The molecule has 1 aromatic heterocycles. The highest BCUT2D eigenvalue weighted by Gasteiger charge is 2.18. The summed E-state index contributed by atoms with van der Waals surface area (Å²) >= 11 is 12.5. The highest BCUT2D eigenvalue weighted by Crippen LogP contribution is 2.33. The number of fused-ring (bicyclic) bond motifs is 2. The molecular weight excluding hydrogens is 484 g/mol. The van der Waals surface area contributed by atoms with E-state index in [1.807, 2.05) is 55.7 Å². The van der Waals surface area contributed by atoms with Crippen LogP contribution in [0.25, 0.3) is 28.1 Å². The van der Waals surface area contributed by atoms with Crippen molar-refractivity contribution < 1.29 is 4.39 Å². The van der Waals surface area contributed by atoms with E-state index in [4.69, 9.17) is 33.2 Å². The molecule has 35 heavy (non-hydrogen) atoms. The molecule has 2 heterocycles. The van der Waals surface area contributed by atoms with Crippen molar-refractivity contribution in [2.45, 2.75) is 26.8 Å². The molecule has 0 amide bonds. The minimum Gasteiger partial charge on any atom is -0.352 e. The Bertz CT molecular complexity index is 1590. The zero-order valence-corrected chi connectivity index (χ0v) is 20.9. The van der Waals surface area contributed by atoms with Gasteiger partial charge >= 0.3 is 0 Å². The third-order valence-corrected chi connectivity index (χ3v) is 6.24. The van der Waals surface area contributed by atoms with E-state index in [9.17, 15) is 4.39 Å². The Hall–Kier alpha value is -3.48. The predicted octanol–water partition coefficient (Wildman–Crippen LogP) is 7.33. The Morgan fingerprint density at radius 2 is 1.80 bits per heavy atom. The van der Waals surface area contributed by atoms with Gasteiger partial charge < -0.3 is 9.88 Å². The maximum absolute atomic E-state index is 14.3. The number of aryl methyl sites for hydroxylation is 1. The molecule has 1 aliphatic carbocycles. The van der Waals surface area contributed by atoms with Crippen LogP contribution in [0.1, 0.15) is 19.5 Å². The summed E-state index contributed by atoms with van der Waals surface area (Å²) in [6.07, 6.45) is 1.78. The second-order valence-corrected chi connectivity index (χ2v) is 9.39. The molecule has 5 nitrogen and oxygen atoms in total. The normalized spacial score (nSPS) is 12.1. The lowest BCUT2D eigenvalue weighted by molar-refractivity contribution is 0.629.